The first kappa shape index (κ1) is 19.9. The number of nitrogens with one attached hydrogen (secondary N) is 1. The van der Waals surface area contributed by atoms with Crippen LogP contribution in [-0.4, -0.2) is 31.0 Å². The number of pyridine rings is 1. The predicted molar refractivity (Wildman–Crippen MR) is 112 cm³/mol. The van der Waals surface area contributed by atoms with E-state index in [2.05, 4.69) is 10.3 Å². The molecule has 4 rings (SSSR count). The van der Waals surface area contributed by atoms with Crippen molar-refractivity contribution in [2.24, 2.45) is 0 Å². The van der Waals surface area contributed by atoms with Crippen LogP contribution < -0.4 is 10.1 Å². The van der Waals surface area contributed by atoms with E-state index in [9.17, 15) is 9.59 Å². The van der Waals surface area contributed by atoms with Crippen molar-refractivity contribution in [3.05, 3.63) is 82.5 Å². The molecular weight excluding hydrogens is 380 g/mol. The molecule has 0 bridgehead atoms. The van der Waals surface area contributed by atoms with Gasteiger partial charge in [-0.3, -0.25) is 9.78 Å². The molecule has 2 atom stereocenters. The molecular formula is C24H24N2O4. The Kier molecular flexibility index (Phi) is 5.40. The second-order valence-electron chi connectivity index (χ2n) is 7.56. The van der Waals surface area contributed by atoms with Gasteiger partial charge < -0.3 is 14.8 Å². The van der Waals surface area contributed by atoms with Crippen molar-refractivity contribution < 1.29 is 19.1 Å². The number of nitrogens with zero attached hydrogens (tertiary/aromatic N) is 1. The number of methoxy groups -OCH3 is 2. The van der Waals surface area contributed by atoms with E-state index in [0.717, 1.165) is 22.6 Å². The molecule has 6 nitrogen and oxygen atoms in total. The lowest BCUT2D eigenvalue weighted by molar-refractivity contribution is -0.136. The Balaban J connectivity index is 1.76. The molecule has 1 aliphatic heterocycles. The average molecular weight is 404 g/mol. The van der Waals surface area contributed by atoms with Gasteiger partial charge in [-0.1, -0.05) is 12.1 Å². The summed E-state index contributed by atoms with van der Waals surface area (Å²) in [5, 5.41) is 3.33. The van der Waals surface area contributed by atoms with Gasteiger partial charge in [0.05, 0.1) is 19.8 Å². The summed E-state index contributed by atoms with van der Waals surface area (Å²) >= 11 is 0. The molecule has 30 heavy (non-hydrogen) atoms. The van der Waals surface area contributed by atoms with Crippen LogP contribution in [-0.2, 0) is 14.3 Å². The van der Waals surface area contributed by atoms with E-state index >= 15 is 0 Å². The van der Waals surface area contributed by atoms with Crippen molar-refractivity contribution in [2.75, 3.05) is 14.2 Å². The van der Waals surface area contributed by atoms with Crippen LogP contribution in [0.3, 0.4) is 0 Å². The van der Waals surface area contributed by atoms with Gasteiger partial charge in [0, 0.05) is 41.7 Å². The number of hydrogen-bond acceptors (Lipinski definition) is 6. The quantitative estimate of drug-likeness (QED) is 0.785. The molecule has 0 unspecified atom stereocenters. The Bertz CT molecular complexity index is 1040. The van der Waals surface area contributed by atoms with Gasteiger partial charge in [-0.2, -0.15) is 0 Å². The highest BCUT2D eigenvalue weighted by molar-refractivity contribution is 6.04. The Hall–Kier alpha value is -3.41. The summed E-state index contributed by atoms with van der Waals surface area (Å²) in [6, 6.07) is 11.5. The number of ketones is 1. The van der Waals surface area contributed by atoms with Crippen LogP contribution >= 0.6 is 0 Å². The van der Waals surface area contributed by atoms with Gasteiger partial charge in [0.15, 0.2) is 5.78 Å². The number of dihydropyridines is 1. The molecule has 1 aromatic heterocycles. The lowest BCUT2D eigenvalue weighted by atomic mass is 9.72. The van der Waals surface area contributed by atoms with Crippen LogP contribution in [0.15, 0.2) is 71.3 Å². The minimum absolute atomic E-state index is 0.0419. The van der Waals surface area contributed by atoms with Crippen molar-refractivity contribution in [2.45, 2.75) is 31.6 Å². The van der Waals surface area contributed by atoms with Crippen LogP contribution in [0.5, 0.6) is 5.75 Å². The van der Waals surface area contributed by atoms with Gasteiger partial charge in [-0.05, 0) is 54.7 Å². The lowest BCUT2D eigenvalue weighted by Gasteiger charge is -2.36. The maximum Gasteiger partial charge on any atom is 0.336 e. The summed E-state index contributed by atoms with van der Waals surface area (Å²) in [5.74, 6) is 0.00999. The van der Waals surface area contributed by atoms with Gasteiger partial charge in [0.2, 0.25) is 0 Å². The highest BCUT2D eigenvalue weighted by atomic mass is 16.5. The van der Waals surface area contributed by atoms with Crippen LogP contribution in [0.1, 0.15) is 42.7 Å². The largest absolute Gasteiger partial charge is 0.497 e. The van der Waals surface area contributed by atoms with Gasteiger partial charge in [-0.15, -0.1) is 0 Å². The monoisotopic (exact) mass is 404 g/mol. The predicted octanol–water partition coefficient (Wildman–Crippen LogP) is 3.62. The summed E-state index contributed by atoms with van der Waals surface area (Å²) < 4.78 is 10.3. The number of aromatic nitrogens is 1. The number of allylic oxidation sites excluding steroid dienone is 3. The van der Waals surface area contributed by atoms with Crippen molar-refractivity contribution in [1.82, 2.24) is 10.3 Å². The lowest BCUT2D eigenvalue weighted by Crippen LogP contribution is -2.36. The Labute approximate surface area is 175 Å². The summed E-state index contributed by atoms with van der Waals surface area (Å²) in [7, 11) is 2.99. The number of Topliss-reactive ketones (excluding diaryl/α,β-unsaturated/α-hetero) is 1. The molecule has 0 spiro atoms. The van der Waals surface area contributed by atoms with E-state index in [-0.39, 0.29) is 11.7 Å². The van der Waals surface area contributed by atoms with E-state index < -0.39 is 11.9 Å². The zero-order chi connectivity index (χ0) is 21.3. The molecule has 1 aliphatic carbocycles. The van der Waals surface area contributed by atoms with Crippen molar-refractivity contribution in [3.8, 4) is 5.75 Å². The first-order valence-electron chi connectivity index (χ1n) is 9.89. The Morgan fingerprint density at radius 1 is 1.03 bits per heavy atom. The molecule has 0 saturated heterocycles. The highest BCUT2D eigenvalue weighted by Gasteiger charge is 2.41. The van der Waals surface area contributed by atoms with Crippen molar-refractivity contribution in [3.63, 3.8) is 0 Å². The fourth-order valence-electron chi connectivity index (χ4n) is 4.42. The van der Waals surface area contributed by atoms with Gasteiger partial charge in [-0.25, -0.2) is 4.79 Å². The van der Waals surface area contributed by atoms with Gasteiger partial charge in [0.1, 0.15) is 5.75 Å². The second-order valence-corrected chi connectivity index (χ2v) is 7.56. The third-order valence-corrected chi connectivity index (χ3v) is 5.86. The number of ether oxygens (including phenoxy) is 2. The first-order chi connectivity index (χ1) is 14.5. The SMILES string of the molecule is COC(=O)C1=C(C)NC2=C(C(=O)C[C@H](c3ccc(OC)cc3)C2)[C@H]1c1ccncc1. The minimum atomic E-state index is -0.457. The minimum Gasteiger partial charge on any atom is -0.497 e. The molecule has 0 radical (unpaired) electrons. The summed E-state index contributed by atoms with van der Waals surface area (Å²) in [6.45, 7) is 1.85. The number of benzene rings is 1. The van der Waals surface area contributed by atoms with Crippen LogP contribution in [0, 0.1) is 0 Å². The molecule has 154 valence electrons. The normalized spacial score (nSPS) is 21.1. The maximum atomic E-state index is 13.4. The maximum absolute atomic E-state index is 13.4. The summed E-state index contributed by atoms with van der Waals surface area (Å²) in [4.78, 5) is 30.1. The standard InChI is InChI=1S/C24H24N2O4/c1-14-21(24(28)30-3)22(16-8-10-25-11-9-16)23-19(26-14)12-17(13-20(23)27)15-4-6-18(29-2)7-5-15/h4-11,17,22,26H,12-13H2,1-3H3/t17-,22+/m1/s1. The van der Waals surface area contributed by atoms with E-state index in [1.807, 2.05) is 43.3 Å². The van der Waals surface area contributed by atoms with E-state index in [1.165, 1.54) is 7.11 Å². The molecule has 6 heteroatoms. The zero-order valence-electron chi connectivity index (χ0n) is 17.3. The Morgan fingerprint density at radius 2 is 1.73 bits per heavy atom. The molecule has 2 aromatic rings. The van der Waals surface area contributed by atoms with Crippen molar-refractivity contribution >= 4 is 11.8 Å². The smallest absolute Gasteiger partial charge is 0.336 e. The van der Waals surface area contributed by atoms with Gasteiger partial charge in [0.25, 0.3) is 0 Å². The van der Waals surface area contributed by atoms with Gasteiger partial charge >= 0.3 is 5.97 Å². The average Bonchev–Trinajstić information content (AvgIpc) is 2.78. The van der Waals surface area contributed by atoms with E-state index in [4.69, 9.17) is 9.47 Å². The molecule has 0 saturated carbocycles. The number of carbonyl (C=O) groups is 2. The molecule has 1 aromatic carbocycles. The van der Waals surface area contributed by atoms with E-state index in [0.29, 0.717) is 29.7 Å². The molecule has 2 aliphatic rings. The third kappa shape index (κ3) is 3.49. The number of carbonyl (C=O) groups excluding carboxylic acids is 2. The Morgan fingerprint density at radius 3 is 2.37 bits per heavy atom. The topological polar surface area (TPSA) is 77.5 Å². The molecule has 2 heterocycles. The molecule has 0 amide bonds. The fourth-order valence-corrected chi connectivity index (χ4v) is 4.42. The van der Waals surface area contributed by atoms with Crippen LogP contribution in [0.4, 0.5) is 0 Å². The molecule has 1 N–H and O–H groups in total. The zero-order valence-corrected chi connectivity index (χ0v) is 17.3. The number of esters is 1. The first-order valence-corrected chi connectivity index (χ1v) is 9.89. The fraction of sp³-hybridized carbons (Fsp3) is 0.292. The van der Waals surface area contributed by atoms with Crippen LogP contribution in [0.2, 0.25) is 0 Å². The van der Waals surface area contributed by atoms with E-state index in [1.54, 1.807) is 19.5 Å². The molecule has 0 fully saturated rings. The second kappa shape index (κ2) is 8.14. The van der Waals surface area contributed by atoms with Crippen molar-refractivity contribution in [1.29, 1.82) is 0 Å². The third-order valence-electron chi connectivity index (χ3n) is 5.86. The van der Waals surface area contributed by atoms with Crippen LogP contribution in [0.25, 0.3) is 0 Å². The summed E-state index contributed by atoms with van der Waals surface area (Å²) in [5.41, 5.74) is 4.66. The summed E-state index contributed by atoms with van der Waals surface area (Å²) in [6.07, 6.45) is 4.44. The highest BCUT2D eigenvalue weighted by Crippen LogP contribution is 2.45. The number of rotatable bonds is 4. The number of hydrogen-bond donors (Lipinski definition) is 1.